The average molecular weight is 570 g/mol. The Balaban J connectivity index is 1.39. The predicted molar refractivity (Wildman–Crippen MR) is 160 cm³/mol. The van der Waals surface area contributed by atoms with Gasteiger partial charge in [-0.05, 0) is 60.0 Å². The smallest absolute Gasteiger partial charge is 0.330 e. The summed E-state index contributed by atoms with van der Waals surface area (Å²) in [5, 5.41) is 3.38. The van der Waals surface area contributed by atoms with E-state index >= 15 is 0 Å². The number of aromatic nitrogens is 2. The van der Waals surface area contributed by atoms with Gasteiger partial charge in [0.05, 0.1) is 38.3 Å². The van der Waals surface area contributed by atoms with Gasteiger partial charge in [0.1, 0.15) is 17.5 Å². The summed E-state index contributed by atoms with van der Waals surface area (Å²) in [5.41, 5.74) is 3.97. The van der Waals surface area contributed by atoms with E-state index in [1.54, 1.807) is 35.5 Å². The molecule has 10 heteroatoms. The molecule has 0 radical (unpaired) electrons. The fraction of sp³-hybridized carbons (Fsp3) is 0.344. The van der Waals surface area contributed by atoms with Crippen LogP contribution < -0.4 is 25.4 Å². The molecule has 3 aromatic carbocycles. The lowest BCUT2D eigenvalue weighted by Crippen LogP contribution is -2.47. The number of ether oxygens (including phenoxy) is 2. The van der Waals surface area contributed by atoms with Gasteiger partial charge in [-0.2, -0.15) is 0 Å². The van der Waals surface area contributed by atoms with Crippen LogP contribution in [0, 0.1) is 0 Å². The average Bonchev–Trinajstić information content (AvgIpc) is 3.30. The number of amides is 2. The van der Waals surface area contributed by atoms with Crippen LogP contribution in [0.15, 0.2) is 71.5 Å². The van der Waals surface area contributed by atoms with Crippen LogP contribution in [0.2, 0.25) is 0 Å². The van der Waals surface area contributed by atoms with Gasteiger partial charge in [0.15, 0.2) is 0 Å². The Morgan fingerprint density at radius 2 is 1.40 bits per heavy atom. The molecule has 2 aliphatic heterocycles. The number of methoxy groups -OCH3 is 2. The quantitative estimate of drug-likeness (QED) is 0.326. The summed E-state index contributed by atoms with van der Waals surface area (Å²) < 4.78 is 13.9. The predicted octanol–water partition coefficient (Wildman–Crippen LogP) is 3.17. The van der Waals surface area contributed by atoms with Crippen LogP contribution in [0.5, 0.6) is 11.5 Å². The number of likely N-dealkylation sites (tertiary alicyclic amines) is 1. The Hall–Kier alpha value is -4.57. The van der Waals surface area contributed by atoms with E-state index in [0.29, 0.717) is 17.8 Å². The van der Waals surface area contributed by atoms with Gasteiger partial charge in [0.25, 0.3) is 5.91 Å². The molecule has 4 aromatic rings. The molecule has 2 amide bonds. The van der Waals surface area contributed by atoms with E-state index < -0.39 is 6.04 Å². The van der Waals surface area contributed by atoms with Gasteiger partial charge in [0, 0.05) is 38.3 Å². The van der Waals surface area contributed by atoms with Crippen LogP contribution in [0.4, 0.5) is 5.69 Å². The molecule has 0 spiro atoms. The minimum absolute atomic E-state index is 0.143. The van der Waals surface area contributed by atoms with Gasteiger partial charge in [-0.1, -0.05) is 24.3 Å². The number of piperazine rings is 1. The van der Waals surface area contributed by atoms with Crippen LogP contribution in [0.25, 0.3) is 11.0 Å². The second kappa shape index (κ2) is 11.7. The molecule has 1 atom stereocenters. The Bertz CT molecular complexity index is 1650. The summed E-state index contributed by atoms with van der Waals surface area (Å²) in [6.07, 6.45) is 0.459. The molecular formula is C32H35N5O5. The first-order valence-corrected chi connectivity index (χ1v) is 14.3. The number of hydrogen-bond acceptors (Lipinski definition) is 7. The van der Waals surface area contributed by atoms with Crippen molar-refractivity contribution in [2.75, 3.05) is 45.3 Å². The topological polar surface area (TPSA) is 98.0 Å². The molecule has 0 saturated carbocycles. The third-order valence-corrected chi connectivity index (χ3v) is 8.22. The van der Waals surface area contributed by atoms with E-state index in [-0.39, 0.29) is 36.9 Å². The van der Waals surface area contributed by atoms with E-state index in [0.717, 1.165) is 54.3 Å². The molecule has 2 saturated heterocycles. The highest BCUT2D eigenvalue weighted by Crippen LogP contribution is 2.30. The molecule has 10 nitrogen and oxygen atoms in total. The first-order valence-electron chi connectivity index (χ1n) is 14.3. The number of imidazole rings is 1. The summed E-state index contributed by atoms with van der Waals surface area (Å²) in [6, 6.07) is 20.2. The number of rotatable bonds is 8. The van der Waals surface area contributed by atoms with Crippen molar-refractivity contribution in [2.45, 2.75) is 32.0 Å². The van der Waals surface area contributed by atoms with Crippen molar-refractivity contribution in [2.24, 2.45) is 0 Å². The van der Waals surface area contributed by atoms with Crippen molar-refractivity contribution in [3.8, 4) is 11.5 Å². The normalized spacial score (nSPS) is 17.6. The first kappa shape index (κ1) is 27.6. The highest BCUT2D eigenvalue weighted by Gasteiger charge is 2.37. The van der Waals surface area contributed by atoms with Crippen LogP contribution >= 0.6 is 0 Å². The number of carbonyl (C=O) groups excluding carboxylic acids is 2. The maximum atomic E-state index is 14.2. The van der Waals surface area contributed by atoms with Crippen molar-refractivity contribution in [1.82, 2.24) is 19.4 Å². The second-order valence-corrected chi connectivity index (χ2v) is 10.7. The lowest BCUT2D eigenvalue weighted by molar-refractivity contribution is -0.151. The van der Waals surface area contributed by atoms with Crippen molar-refractivity contribution in [3.05, 3.63) is 88.3 Å². The van der Waals surface area contributed by atoms with E-state index in [1.807, 2.05) is 48.5 Å². The number of piperidine rings is 1. The Morgan fingerprint density at radius 1 is 0.786 bits per heavy atom. The lowest BCUT2D eigenvalue weighted by atomic mass is 10.0. The molecule has 42 heavy (non-hydrogen) atoms. The molecule has 218 valence electrons. The van der Waals surface area contributed by atoms with Crippen molar-refractivity contribution in [3.63, 3.8) is 0 Å². The van der Waals surface area contributed by atoms with E-state index in [1.165, 1.54) is 4.90 Å². The fourth-order valence-electron chi connectivity index (χ4n) is 5.90. The van der Waals surface area contributed by atoms with Gasteiger partial charge in [-0.25, -0.2) is 4.79 Å². The largest absolute Gasteiger partial charge is 0.497 e. The number of nitrogens with zero attached hydrogens (tertiary/aromatic N) is 4. The van der Waals surface area contributed by atoms with Crippen molar-refractivity contribution in [1.29, 1.82) is 0 Å². The molecule has 1 aromatic heterocycles. The third-order valence-electron chi connectivity index (χ3n) is 8.22. The number of fused-ring (bicyclic) bond motifs is 1. The van der Waals surface area contributed by atoms with E-state index in [4.69, 9.17) is 9.47 Å². The summed E-state index contributed by atoms with van der Waals surface area (Å²) in [6.45, 7) is 4.02. The van der Waals surface area contributed by atoms with Crippen LogP contribution in [-0.4, -0.2) is 66.2 Å². The third kappa shape index (κ3) is 5.25. The number of benzene rings is 3. The molecule has 3 heterocycles. The van der Waals surface area contributed by atoms with Crippen LogP contribution in [0.1, 0.15) is 30.0 Å². The Labute approximate surface area is 244 Å². The van der Waals surface area contributed by atoms with Crippen molar-refractivity contribution < 1.29 is 19.1 Å². The number of imide groups is 1. The van der Waals surface area contributed by atoms with Gasteiger partial charge < -0.3 is 19.7 Å². The molecule has 0 aliphatic carbocycles. The molecule has 1 unspecified atom stereocenters. The zero-order chi connectivity index (χ0) is 29.2. The van der Waals surface area contributed by atoms with Crippen LogP contribution in [0.3, 0.4) is 0 Å². The number of anilines is 1. The van der Waals surface area contributed by atoms with E-state index in [2.05, 4.69) is 16.3 Å². The molecule has 0 bridgehead atoms. The molecule has 2 fully saturated rings. The van der Waals surface area contributed by atoms with Gasteiger partial charge in [-0.3, -0.25) is 23.6 Å². The molecule has 6 rings (SSSR count). The minimum atomic E-state index is -0.780. The zero-order valence-electron chi connectivity index (χ0n) is 23.9. The molecule has 1 N–H and O–H groups in total. The highest BCUT2D eigenvalue weighted by atomic mass is 16.5. The minimum Gasteiger partial charge on any atom is -0.497 e. The molecule has 2 aliphatic rings. The Morgan fingerprint density at radius 3 is 2.02 bits per heavy atom. The monoisotopic (exact) mass is 569 g/mol. The second-order valence-electron chi connectivity index (χ2n) is 10.7. The van der Waals surface area contributed by atoms with E-state index in [9.17, 15) is 14.4 Å². The van der Waals surface area contributed by atoms with Gasteiger partial charge in [0.2, 0.25) is 5.91 Å². The maximum Gasteiger partial charge on any atom is 0.330 e. The number of hydrogen-bond donors (Lipinski definition) is 1. The Kier molecular flexibility index (Phi) is 7.71. The maximum absolute atomic E-state index is 14.2. The fourth-order valence-corrected chi connectivity index (χ4v) is 5.90. The SMILES string of the molecule is COc1ccc(CN2C(=O)CCC(n3c(=O)n(Cc4ccc(OC)cc4)c4cc(N5CCNCC5)ccc43)C2=O)cc1. The zero-order valence-corrected chi connectivity index (χ0v) is 23.9. The number of carbonyl (C=O) groups is 2. The summed E-state index contributed by atoms with van der Waals surface area (Å²) >= 11 is 0. The van der Waals surface area contributed by atoms with Gasteiger partial charge in [-0.15, -0.1) is 0 Å². The van der Waals surface area contributed by atoms with Crippen molar-refractivity contribution >= 4 is 28.5 Å². The highest BCUT2D eigenvalue weighted by molar-refractivity contribution is 6.00. The van der Waals surface area contributed by atoms with Gasteiger partial charge >= 0.3 is 5.69 Å². The van der Waals surface area contributed by atoms with Crippen LogP contribution in [-0.2, 0) is 22.7 Å². The summed E-state index contributed by atoms with van der Waals surface area (Å²) in [4.78, 5) is 44.6. The molecular weight excluding hydrogens is 534 g/mol. The number of nitrogens with one attached hydrogen (secondary N) is 1. The summed E-state index contributed by atoms with van der Waals surface area (Å²) in [7, 11) is 3.21. The first-order chi connectivity index (χ1) is 20.5. The standard InChI is InChI=1S/C32H35N5O5/c1-41-25-8-3-22(4-9-25)20-35-29-19-24(34-17-15-33-16-18-34)7-12-27(29)37(32(35)40)28-13-14-30(38)36(31(28)39)21-23-5-10-26(42-2)11-6-23/h3-12,19,28,33H,13-18,20-21H2,1-2H3. The lowest BCUT2D eigenvalue weighted by Gasteiger charge is -2.31. The summed E-state index contributed by atoms with van der Waals surface area (Å²) in [5.74, 6) is 0.843.